The van der Waals surface area contributed by atoms with E-state index in [1.165, 1.54) is 0 Å². The van der Waals surface area contributed by atoms with Crippen LogP contribution in [0, 0.1) is 5.92 Å². The summed E-state index contributed by atoms with van der Waals surface area (Å²) >= 11 is 0. The van der Waals surface area contributed by atoms with Gasteiger partial charge in [-0.25, -0.2) is 0 Å². The van der Waals surface area contributed by atoms with Crippen molar-refractivity contribution in [2.45, 2.75) is 39.7 Å². The number of fused-ring (bicyclic) bond motifs is 1. The zero-order chi connectivity index (χ0) is 13.8. The first-order chi connectivity index (χ1) is 9.11. The molecular weight excluding hydrogens is 236 g/mol. The number of hydrogen-bond acceptors (Lipinski definition) is 1. The fourth-order valence-corrected chi connectivity index (χ4v) is 2.40. The number of H-pyrrole nitrogens is 1. The van der Waals surface area contributed by atoms with Crippen LogP contribution in [0.25, 0.3) is 10.9 Å². The molecule has 2 atom stereocenters. The normalized spacial score (nSPS) is 14.3. The van der Waals surface area contributed by atoms with Gasteiger partial charge in [0.15, 0.2) is 0 Å². The van der Waals surface area contributed by atoms with Crippen molar-refractivity contribution in [2.75, 3.05) is 0 Å². The van der Waals surface area contributed by atoms with Gasteiger partial charge in [-0.15, -0.1) is 0 Å². The molecule has 1 amide bonds. The maximum atomic E-state index is 12.3. The van der Waals surface area contributed by atoms with E-state index in [0.717, 1.165) is 29.3 Å². The Bertz CT molecular complexity index is 559. The van der Waals surface area contributed by atoms with Gasteiger partial charge < -0.3 is 10.3 Å². The molecule has 2 aromatic rings. The Hall–Kier alpha value is -1.77. The molecule has 0 fully saturated rings. The molecule has 0 bridgehead atoms. The molecule has 0 aliphatic carbocycles. The number of carbonyl (C=O) groups excluding carboxylic acids is 1. The van der Waals surface area contributed by atoms with Crippen molar-refractivity contribution >= 4 is 16.8 Å². The van der Waals surface area contributed by atoms with E-state index in [9.17, 15) is 4.79 Å². The maximum Gasteiger partial charge on any atom is 0.253 e. The van der Waals surface area contributed by atoms with Crippen molar-refractivity contribution in [3.8, 4) is 0 Å². The molecule has 0 radical (unpaired) electrons. The van der Waals surface area contributed by atoms with Crippen LogP contribution in [0.3, 0.4) is 0 Å². The van der Waals surface area contributed by atoms with Crippen LogP contribution in [0.2, 0.25) is 0 Å². The Kier molecular flexibility index (Phi) is 4.25. The molecule has 19 heavy (non-hydrogen) atoms. The topological polar surface area (TPSA) is 44.9 Å². The van der Waals surface area contributed by atoms with Crippen LogP contribution in [-0.2, 0) is 0 Å². The van der Waals surface area contributed by atoms with Gasteiger partial charge in [-0.3, -0.25) is 4.79 Å². The van der Waals surface area contributed by atoms with E-state index >= 15 is 0 Å². The van der Waals surface area contributed by atoms with Crippen LogP contribution in [-0.4, -0.2) is 16.9 Å². The smallest absolute Gasteiger partial charge is 0.253 e. The van der Waals surface area contributed by atoms with Gasteiger partial charge in [0.25, 0.3) is 5.91 Å². The lowest BCUT2D eigenvalue weighted by molar-refractivity contribution is 0.0937. The van der Waals surface area contributed by atoms with Crippen molar-refractivity contribution < 1.29 is 4.79 Å². The number of amides is 1. The van der Waals surface area contributed by atoms with E-state index < -0.39 is 0 Å². The van der Waals surface area contributed by atoms with Crippen molar-refractivity contribution in [1.82, 2.24) is 10.3 Å². The number of aromatic nitrogens is 1. The summed E-state index contributed by atoms with van der Waals surface area (Å²) in [7, 11) is 0. The molecule has 0 spiro atoms. The predicted octanol–water partition coefficient (Wildman–Crippen LogP) is 3.72. The maximum absolute atomic E-state index is 12.3. The predicted molar refractivity (Wildman–Crippen MR) is 79.3 cm³/mol. The molecule has 2 rings (SSSR count). The Balaban J connectivity index is 2.09. The van der Waals surface area contributed by atoms with Gasteiger partial charge >= 0.3 is 0 Å². The fraction of sp³-hybridized carbons (Fsp3) is 0.438. The first-order valence-corrected chi connectivity index (χ1v) is 6.98. The Morgan fingerprint density at radius 2 is 2.11 bits per heavy atom. The number of hydrogen-bond donors (Lipinski definition) is 2. The highest BCUT2D eigenvalue weighted by Crippen LogP contribution is 2.17. The lowest BCUT2D eigenvalue weighted by Crippen LogP contribution is -2.33. The highest BCUT2D eigenvalue weighted by molar-refractivity contribution is 6.05. The van der Waals surface area contributed by atoms with E-state index in [4.69, 9.17) is 0 Å². The third-order valence-corrected chi connectivity index (χ3v) is 3.66. The average molecular weight is 258 g/mol. The molecule has 1 aromatic heterocycles. The summed E-state index contributed by atoms with van der Waals surface area (Å²) < 4.78 is 0. The molecule has 0 aliphatic rings. The minimum absolute atomic E-state index is 0.00357. The van der Waals surface area contributed by atoms with Crippen LogP contribution in [0.4, 0.5) is 0 Å². The third-order valence-electron chi connectivity index (χ3n) is 3.66. The first-order valence-electron chi connectivity index (χ1n) is 6.98. The van der Waals surface area contributed by atoms with Gasteiger partial charge in [0.2, 0.25) is 0 Å². The Morgan fingerprint density at radius 1 is 1.32 bits per heavy atom. The van der Waals surface area contributed by atoms with Gasteiger partial charge in [0.05, 0.1) is 11.1 Å². The highest BCUT2D eigenvalue weighted by Gasteiger charge is 2.14. The number of para-hydroxylation sites is 1. The standard InChI is InChI=1S/C16H22N2O/c1-4-11(2)10-12(3)18-16(19)14-7-5-6-13-8-9-17-15(13)14/h5-9,11-12,17H,4,10H2,1-3H3,(H,18,19). The SMILES string of the molecule is CCC(C)CC(C)NC(=O)c1cccc2cc[nH]c12. The van der Waals surface area contributed by atoms with Crippen molar-refractivity contribution in [3.05, 3.63) is 36.0 Å². The number of rotatable bonds is 5. The minimum atomic E-state index is 0.00357. The van der Waals surface area contributed by atoms with Crippen LogP contribution < -0.4 is 5.32 Å². The van der Waals surface area contributed by atoms with Crippen molar-refractivity contribution in [1.29, 1.82) is 0 Å². The Labute approximate surface area is 114 Å². The van der Waals surface area contributed by atoms with Crippen LogP contribution >= 0.6 is 0 Å². The summed E-state index contributed by atoms with van der Waals surface area (Å²) in [5.74, 6) is 0.639. The van der Waals surface area contributed by atoms with Crippen LogP contribution in [0.5, 0.6) is 0 Å². The summed E-state index contributed by atoms with van der Waals surface area (Å²) in [6.07, 6.45) is 4.03. The lowest BCUT2D eigenvalue weighted by atomic mass is 10.00. The quantitative estimate of drug-likeness (QED) is 0.843. The molecule has 1 heterocycles. The largest absolute Gasteiger partial charge is 0.361 e. The molecule has 1 aromatic carbocycles. The van der Waals surface area contributed by atoms with Crippen LogP contribution in [0.15, 0.2) is 30.5 Å². The average Bonchev–Trinajstić information content (AvgIpc) is 2.86. The lowest BCUT2D eigenvalue weighted by Gasteiger charge is -2.17. The fourth-order valence-electron chi connectivity index (χ4n) is 2.40. The zero-order valence-electron chi connectivity index (χ0n) is 11.9. The number of nitrogens with one attached hydrogen (secondary N) is 2. The van der Waals surface area contributed by atoms with Crippen LogP contribution in [0.1, 0.15) is 44.0 Å². The van der Waals surface area contributed by atoms with Gasteiger partial charge in [-0.1, -0.05) is 32.4 Å². The second-order valence-corrected chi connectivity index (χ2v) is 5.37. The molecule has 3 heteroatoms. The molecule has 2 unspecified atom stereocenters. The molecule has 0 saturated heterocycles. The number of aromatic amines is 1. The van der Waals surface area contributed by atoms with Gasteiger partial charge in [-0.05, 0) is 31.4 Å². The van der Waals surface area contributed by atoms with E-state index in [0.29, 0.717) is 5.92 Å². The summed E-state index contributed by atoms with van der Waals surface area (Å²) in [5, 5.41) is 4.16. The minimum Gasteiger partial charge on any atom is -0.361 e. The van der Waals surface area contributed by atoms with E-state index in [2.05, 4.69) is 31.1 Å². The summed E-state index contributed by atoms with van der Waals surface area (Å²) in [6.45, 7) is 6.46. The van der Waals surface area contributed by atoms with Crippen molar-refractivity contribution in [3.63, 3.8) is 0 Å². The molecule has 102 valence electrons. The van der Waals surface area contributed by atoms with Gasteiger partial charge in [0, 0.05) is 17.6 Å². The second kappa shape index (κ2) is 5.91. The first kappa shape index (κ1) is 13.7. The summed E-state index contributed by atoms with van der Waals surface area (Å²) in [4.78, 5) is 15.4. The molecule has 0 saturated carbocycles. The number of benzene rings is 1. The summed E-state index contributed by atoms with van der Waals surface area (Å²) in [5.41, 5.74) is 1.63. The molecular formula is C16H22N2O. The second-order valence-electron chi connectivity index (χ2n) is 5.37. The Morgan fingerprint density at radius 3 is 2.84 bits per heavy atom. The number of carbonyl (C=O) groups is 1. The van der Waals surface area contributed by atoms with Crippen molar-refractivity contribution in [2.24, 2.45) is 5.92 Å². The monoisotopic (exact) mass is 258 g/mol. The molecule has 0 aliphatic heterocycles. The van der Waals surface area contributed by atoms with E-state index in [-0.39, 0.29) is 11.9 Å². The zero-order valence-corrected chi connectivity index (χ0v) is 11.9. The van der Waals surface area contributed by atoms with Gasteiger partial charge in [0.1, 0.15) is 0 Å². The third kappa shape index (κ3) is 3.16. The van der Waals surface area contributed by atoms with E-state index in [1.807, 2.05) is 30.5 Å². The highest BCUT2D eigenvalue weighted by atomic mass is 16.1. The van der Waals surface area contributed by atoms with E-state index in [1.54, 1.807) is 0 Å². The van der Waals surface area contributed by atoms with Gasteiger partial charge in [-0.2, -0.15) is 0 Å². The summed E-state index contributed by atoms with van der Waals surface area (Å²) in [6, 6.07) is 7.97. The molecule has 2 N–H and O–H groups in total. The molecule has 3 nitrogen and oxygen atoms in total.